The molecular weight excluding hydrogens is 276 g/mol. The zero-order chi connectivity index (χ0) is 16.1. The van der Waals surface area contributed by atoms with E-state index in [0.29, 0.717) is 11.1 Å². The van der Waals surface area contributed by atoms with Crippen LogP contribution in [0.1, 0.15) is 39.5 Å². The monoisotopic (exact) mass is 284 g/mol. The molecule has 0 saturated carbocycles. The van der Waals surface area contributed by atoms with E-state index in [4.69, 9.17) is 21.0 Å². The van der Waals surface area contributed by atoms with Gasteiger partial charge in [-0.2, -0.15) is 21.0 Å². The summed E-state index contributed by atoms with van der Waals surface area (Å²) in [5.41, 5.74) is 1.68. The van der Waals surface area contributed by atoms with Gasteiger partial charge in [-0.25, -0.2) is 0 Å². The number of rotatable bonds is 2. The Labute approximate surface area is 127 Å². The maximum absolute atomic E-state index is 10.4. The van der Waals surface area contributed by atoms with Crippen LogP contribution in [0.4, 0.5) is 0 Å². The normalized spacial score (nSPS) is 9.36. The van der Waals surface area contributed by atoms with Gasteiger partial charge in [0.25, 0.3) is 0 Å². The van der Waals surface area contributed by atoms with Crippen LogP contribution in [-0.4, -0.2) is 5.11 Å². The van der Waals surface area contributed by atoms with Crippen molar-refractivity contribution in [2.75, 3.05) is 0 Å². The van der Waals surface area contributed by atoms with Gasteiger partial charge in [0.15, 0.2) is 0 Å². The lowest BCUT2D eigenvalue weighted by Gasteiger charge is -2.13. The summed E-state index contributed by atoms with van der Waals surface area (Å²) in [6.07, 6.45) is -1.06. The molecule has 22 heavy (non-hydrogen) atoms. The molecule has 0 spiro atoms. The molecule has 0 aliphatic carbocycles. The predicted molar refractivity (Wildman–Crippen MR) is 75.8 cm³/mol. The minimum atomic E-state index is -1.06. The van der Waals surface area contributed by atoms with Crippen molar-refractivity contribution in [1.82, 2.24) is 0 Å². The van der Waals surface area contributed by atoms with E-state index in [1.807, 2.05) is 24.3 Å². The highest BCUT2D eigenvalue weighted by atomic mass is 16.3. The molecule has 0 heterocycles. The third-order valence-electron chi connectivity index (χ3n) is 3.20. The van der Waals surface area contributed by atoms with Crippen LogP contribution < -0.4 is 0 Å². The molecule has 2 aromatic rings. The molecule has 102 valence electrons. The first-order valence-electron chi connectivity index (χ1n) is 6.21. The van der Waals surface area contributed by atoms with Crippen molar-refractivity contribution in [2.45, 2.75) is 6.10 Å². The van der Waals surface area contributed by atoms with E-state index in [0.717, 1.165) is 0 Å². The Bertz CT molecular complexity index is 829. The fourth-order valence-corrected chi connectivity index (χ4v) is 2.04. The van der Waals surface area contributed by atoms with Gasteiger partial charge in [-0.05, 0) is 35.4 Å². The summed E-state index contributed by atoms with van der Waals surface area (Å²) in [7, 11) is 0. The second kappa shape index (κ2) is 6.21. The lowest BCUT2D eigenvalue weighted by atomic mass is 9.95. The first-order valence-corrected chi connectivity index (χ1v) is 6.21. The highest BCUT2D eigenvalue weighted by Crippen LogP contribution is 2.25. The van der Waals surface area contributed by atoms with Gasteiger partial charge in [0.05, 0.1) is 22.3 Å². The van der Waals surface area contributed by atoms with Gasteiger partial charge >= 0.3 is 0 Å². The first kappa shape index (κ1) is 14.8. The van der Waals surface area contributed by atoms with Gasteiger partial charge in [-0.3, -0.25) is 0 Å². The Balaban J connectivity index is 2.48. The van der Waals surface area contributed by atoms with Crippen LogP contribution >= 0.6 is 0 Å². The van der Waals surface area contributed by atoms with Crippen LogP contribution in [-0.2, 0) is 0 Å². The van der Waals surface area contributed by atoms with Gasteiger partial charge in [-0.1, -0.05) is 12.1 Å². The smallest absolute Gasteiger partial charge is 0.104 e. The van der Waals surface area contributed by atoms with E-state index < -0.39 is 6.10 Å². The lowest BCUT2D eigenvalue weighted by molar-refractivity contribution is 0.220. The highest BCUT2D eigenvalue weighted by Gasteiger charge is 2.14. The fourth-order valence-electron chi connectivity index (χ4n) is 2.04. The SMILES string of the molecule is N#Cc1ccc(C(O)c2ccc(C#N)c(C#N)c2)cc1C#N. The van der Waals surface area contributed by atoms with Gasteiger partial charge in [0.1, 0.15) is 30.4 Å². The van der Waals surface area contributed by atoms with Crippen LogP contribution in [0.3, 0.4) is 0 Å². The van der Waals surface area contributed by atoms with E-state index in [2.05, 4.69) is 0 Å². The molecule has 0 fully saturated rings. The van der Waals surface area contributed by atoms with Crippen LogP contribution in [0.15, 0.2) is 36.4 Å². The molecular formula is C17H8N4O. The van der Waals surface area contributed by atoms with E-state index >= 15 is 0 Å². The molecule has 5 nitrogen and oxygen atoms in total. The average molecular weight is 284 g/mol. The number of benzene rings is 2. The van der Waals surface area contributed by atoms with Crippen LogP contribution in [0.5, 0.6) is 0 Å². The number of aliphatic hydroxyl groups is 1. The standard InChI is InChI=1S/C17H8N4O/c18-7-13-3-1-11(5-15(13)9-20)17(22)12-2-4-14(8-19)16(6-12)10-21/h1-6,17,22H. The van der Waals surface area contributed by atoms with Gasteiger partial charge in [-0.15, -0.1) is 0 Å². The molecule has 0 aromatic heterocycles. The summed E-state index contributed by atoms with van der Waals surface area (Å²) in [6, 6.07) is 16.5. The molecule has 5 heteroatoms. The average Bonchev–Trinajstić information content (AvgIpc) is 2.59. The Morgan fingerprint density at radius 3 is 1.32 bits per heavy atom. The van der Waals surface area contributed by atoms with Crippen molar-refractivity contribution < 1.29 is 5.11 Å². The van der Waals surface area contributed by atoms with Crippen molar-refractivity contribution in [3.05, 3.63) is 69.8 Å². The molecule has 0 unspecified atom stereocenters. The molecule has 0 amide bonds. The molecule has 2 aromatic carbocycles. The third kappa shape index (κ3) is 2.62. The number of aliphatic hydroxyl groups excluding tert-OH is 1. The maximum Gasteiger partial charge on any atom is 0.104 e. The molecule has 1 N–H and O–H groups in total. The van der Waals surface area contributed by atoms with Gasteiger partial charge < -0.3 is 5.11 Å². The number of nitrogens with zero attached hydrogens (tertiary/aromatic N) is 4. The lowest BCUT2D eigenvalue weighted by Crippen LogP contribution is -2.02. The van der Waals surface area contributed by atoms with Crippen molar-refractivity contribution in [3.8, 4) is 24.3 Å². The minimum Gasteiger partial charge on any atom is -0.384 e. The molecule has 0 bridgehead atoms. The van der Waals surface area contributed by atoms with E-state index in [9.17, 15) is 5.11 Å². The van der Waals surface area contributed by atoms with Crippen LogP contribution in [0, 0.1) is 45.3 Å². The topological polar surface area (TPSA) is 115 Å². The Morgan fingerprint density at radius 2 is 1.00 bits per heavy atom. The first-order chi connectivity index (χ1) is 10.6. The van der Waals surface area contributed by atoms with Crippen molar-refractivity contribution in [1.29, 1.82) is 21.0 Å². The number of nitriles is 4. The molecule has 0 radical (unpaired) electrons. The molecule has 0 aliphatic rings. The van der Waals surface area contributed by atoms with Crippen molar-refractivity contribution in [3.63, 3.8) is 0 Å². The molecule has 2 rings (SSSR count). The summed E-state index contributed by atoms with van der Waals surface area (Å²) in [6.45, 7) is 0. The van der Waals surface area contributed by atoms with Crippen molar-refractivity contribution >= 4 is 0 Å². The number of hydrogen-bond acceptors (Lipinski definition) is 5. The maximum atomic E-state index is 10.4. The summed E-state index contributed by atoms with van der Waals surface area (Å²) in [4.78, 5) is 0. The highest BCUT2D eigenvalue weighted by molar-refractivity contribution is 5.51. The largest absolute Gasteiger partial charge is 0.384 e. The quantitative estimate of drug-likeness (QED) is 0.907. The molecule has 0 saturated heterocycles. The molecule has 0 atom stereocenters. The summed E-state index contributed by atoms with van der Waals surface area (Å²) >= 11 is 0. The predicted octanol–water partition coefficient (Wildman–Crippen LogP) is 2.26. The van der Waals surface area contributed by atoms with Crippen LogP contribution in [0.2, 0.25) is 0 Å². The summed E-state index contributed by atoms with van der Waals surface area (Å²) in [5, 5.41) is 46.2. The molecule has 0 aliphatic heterocycles. The number of hydrogen-bond donors (Lipinski definition) is 1. The Kier molecular flexibility index (Phi) is 4.17. The van der Waals surface area contributed by atoms with E-state index in [1.165, 1.54) is 24.3 Å². The summed E-state index contributed by atoms with van der Waals surface area (Å²) < 4.78 is 0. The van der Waals surface area contributed by atoms with E-state index in [-0.39, 0.29) is 22.3 Å². The van der Waals surface area contributed by atoms with Crippen molar-refractivity contribution in [2.24, 2.45) is 0 Å². The summed E-state index contributed by atoms with van der Waals surface area (Å²) in [5.74, 6) is 0. The Morgan fingerprint density at radius 1 is 0.636 bits per heavy atom. The van der Waals surface area contributed by atoms with Gasteiger partial charge in [0, 0.05) is 0 Å². The zero-order valence-corrected chi connectivity index (χ0v) is 11.3. The third-order valence-corrected chi connectivity index (χ3v) is 3.20. The zero-order valence-electron chi connectivity index (χ0n) is 11.3. The Hall–Kier alpha value is -3.64. The second-order valence-electron chi connectivity index (χ2n) is 4.46. The fraction of sp³-hybridized carbons (Fsp3) is 0.0588. The second-order valence-corrected chi connectivity index (χ2v) is 4.46. The minimum absolute atomic E-state index is 0.174. The van der Waals surface area contributed by atoms with E-state index in [1.54, 1.807) is 12.1 Å². The van der Waals surface area contributed by atoms with Gasteiger partial charge in [0.2, 0.25) is 0 Å². The van der Waals surface area contributed by atoms with Crippen LogP contribution in [0.25, 0.3) is 0 Å².